The Labute approximate surface area is 612 Å². The summed E-state index contributed by atoms with van der Waals surface area (Å²) in [5.74, 6) is 0. The minimum Gasteiger partial charge on any atom is -0.374 e. The van der Waals surface area contributed by atoms with E-state index in [0.29, 0.717) is 45.5 Å². The van der Waals surface area contributed by atoms with Crippen LogP contribution >= 0.6 is 0 Å². The van der Waals surface area contributed by atoms with Crippen molar-refractivity contribution in [1.29, 1.82) is 0 Å². The predicted octanol–water partition coefficient (Wildman–Crippen LogP) is 16.3. The highest BCUT2D eigenvalue weighted by molar-refractivity contribution is 5.22. The summed E-state index contributed by atoms with van der Waals surface area (Å²) < 4.78 is 93.6. The molecule has 3 aliphatic heterocycles. The van der Waals surface area contributed by atoms with Gasteiger partial charge in [-0.1, -0.05) is 303 Å². The topological polar surface area (TPSA) is 140 Å². The van der Waals surface area contributed by atoms with E-state index in [4.69, 9.17) is 61.6 Å². The molecule has 10 aromatic carbocycles. The summed E-state index contributed by atoms with van der Waals surface area (Å²) >= 11 is 0. The van der Waals surface area contributed by atoms with Crippen LogP contribution in [0.15, 0.2) is 303 Å². The van der Waals surface area contributed by atoms with Crippen LogP contribution in [0.5, 0.6) is 0 Å². The number of aliphatic hydroxyl groups is 1. The third-order valence-electron chi connectivity index (χ3n) is 19.5. The highest BCUT2D eigenvalue weighted by Crippen LogP contribution is 2.40. The average Bonchev–Trinajstić information content (AvgIpc) is 0.789. The Kier molecular flexibility index (Phi) is 28.2. The Hall–Kier alpha value is -8.36. The fourth-order valence-electron chi connectivity index (χ4n) is 14.1. The van der Waals surface area contributed by atoms with Gasteiger partial charge in [0.15, 0.2) is 6.29 Å². The molecule has 3 saturated heterocycles. The maximum absolute atomic E-state index is 12.5. The zero-order valence-electron chi connectivity index (χ0n) is 58.9. The van der Waals surface area contributed by atoms with Crippen LogP contribution < -0.4 is 0 Å². The van der Waals surface area contributed by atoms with Crippen LogP contribution in [0, 0.1) is 0 Å². The van der Waals surface area contributed by atoms with E-state index >= 15 is 0 Å². The number of rotatable bonds is 37. The lowest BCUT2D eigenvalue weighted by atomic mass is 9.86. The van der Waals surface area contributed by atoms with E-state index in [1.807, 2.05) is 218 Å². The Morgan fingerprint density at radius 2 is 0.365 bits per heavy atom. The van der Waals surface area contributed by atoms with Crippen molar-refractivity contribution in [3.8, 4) is 0 Å². The molecule has 14 nitrogen and oxygen atoms in total. The molecule has 0 aromatic heterocycles. The fourth-order valence-corrected chi connectivity index (χ4v) is 14.1. The third-order valence-corrected chi connectivity index (χ3v) is 19.5. The van der Waals surface area contributed by atoms with E-state index in [2.05, 4.69) is 84.9 Å². The summed E-state index contributed by atoms with van der Waals surface area (Å²) in [5, 5.41) is 12.5. The van der Waals surface area contributed by atoms with Gasteiger partial charge in [-0.2, -0.15) is 0 Å². The summed E-state index contributed by atoms with van der Waals surface area (Å²) in [6, 6.07) is 101. The van der Waals surface area contributed by atoms with Crippen molar-refractivity contribution in [2.75, 3.05) is 6.61 Å². The smallest absolute Gasteiger partial charge is 0.184 e. The van der Waals surface area contributed by atoms with Gasteiger partial charge >= 0.3 is 0 Å². The number of hydrogen-bond acceptors (Lipinski definition) is 14. The van der Waals surface area contributed by atoms with Crippen LogP contribution in [0.2, 0.25) is 0 Å². The zero-order chi connectivity index (χ0) is 70.6. The molecule has 10 aromatic rings. The Morgan fingerprint density at radius 3 is 0.606 bits per heavy atom. The maximum atomic E-state index is 12.5. The van der Waals surface area contributed by atoms with Crippen molar-refractivity contribution >= 4 is 0 Å². The second-order valence-corrected chi connectivity index (χ2v) is 27.0. The lowest BCUT2D eigenvalue weighted by Gasteiger charge is -2.49. The van der Waals surface area contributed by atoms with Crippen molar-refractivity contribution in [1.82, 2.24) is 0 Å². The third kappa shape index (κ3) is 21.7. The molecule has 15 atom stereocenters. The normalized spacial score (nSPS) is 24.8. The number of benzene rings is 10. The van der Waals surface area contributed by atoms with E-state index in [9.17, 15) is 5.11 Å². The van der Waals surface area contributed by atoms with Crippen molar-refractivity contribution < 1.29 is 66.7 Å². The van der Waals surface area contributed by atoms with Crippen molar-refractivity contribution in [2.45, 2.75) is 183 Å². The predicted molar refractivity (Wildman–Crippen MR) is 398 cm³/mol. The molecular formula is C90H96O14. The molecule has 0 radical (unpaired) electrons. The van der Waals surface area contributed by atoms with Gasteiger partial charge in [0.25, 0.3) is 0 Å². The molecule has 14 heteroatoms. The monoisotopic (exact) mass is 1400 g/mol. The van der Waals surface area contributed by atoms with Gasteiger partial charge in [-0.15, -0.1) is 0 Å². The van der Waals surface area contributed by atoms with Crippen LogP contribution in [0.4, 0.5) is 0 Å². The molecule has 0 spiro atoms. The molecule has 0 saturated carbocycles. The number of hydrogen-bond donors (Lipinski definition) is 1. The summed E-state index contributed by atoms with van der Waals surface area (Å²) in [7, 11) is 0. The SMILES string of the molecule is OC1O[C@H](CC[C@@H]2O[C@H](CC[C@@H]3O[C@H](COCc4ccccc4)[C@H](OCc4ccccc4)[C@H](OCc4ccccc4)[C@H]3OCc3ccccc3)[C@H](OCc3ccccc3)[C@H](OCc3ccccc3)[C@H]2OCc2ccccc2)[C@H](OCc2ccccc2)[C@H](OCc2ccccc2)[C@H]1OCc1ccccc1. The van der Waals surface area contributed by atoms with Gasteiger partial charge in [-0.05, 0) is 81.3 Å². The van der Waals surface area contributed by atoms with Gasteiger partial charge < -0.3 is 66.7 Å². The Morgan fingerprint density at radius 1 is 0.192 bits per heavy atom. The van der Waals surface area contributed by atoms with Gasteiger partial charge in [-0.25, -0.2) is 0 Å². The standard InChI is InChI=1S/C90H96O14/c91-90-89(101-64-75-49-29-10-30-50-75)88(100-63-74-47-27-9-28-48-74)84(96-59-70-39-19-5-20-40-70)79(104-90)54-53-77-82(94-57-68-35-15-3-16-36-68)86(98-61-72-43-23-7-24-44-72)81(93-56-67-33-13-2-14-34-67)76(102-77)51-52-78-83(95-58-69-37-17-4-18-38-69)87(99-62-73-45-25-8-26-46-73)85(97-60-71-41-21-6-22-42-71)80(103-78)65-92-55-66-31-11-1-12-32-66/h1-50,76-91H,51-65H2/t76-,77+,78+,79-,80-,81+,82+,83+,84+,85+,86+,87-,88+,89-,90?/m1/s1. The van der Waals surface area contributed by atoms with E-state index in [1.54, 1.807) is 0 Å². The summed E-state index contributed by atoms with van der Waals surface area (Å²) in [5.41, 5.74) is 9.90. The summed E-state index contributed by atoms with van der Waals surface area (Å²) in [6.07, 6.45) is -9.61. The van der Waals surface area contributed by atoms with Crippen molar-refractivity contribution in [3.05, 3.63) is 359 Å². The zero-order valence-corrected chi connectivity index (χ0v) is 58.9. The van der Waals surface area contributed by atoms with Gasteiger partial charge in [0.2, 0.25) is 0 Å². The molecule has 13 rings (SSSR count). The highest BCUT2D eigenvalue weighted by atomic mass is 16.7. The van der Waals surface area contributed by atoms with Crippen LogP contribution in [0.3, 0.4) is 0 Å². The highest BCUT2D eigenvalue weighted by Gasteiger charge is 2.53. The maximum Gasteiger partial charge on any atom is 0.184 e. The molecule has 1 N–H and O–H groups in total. The Balaban J connectivity index is 0.872. The molecule has 1 unspecified atom stereocenters. The summed E-state index contributed by atoms with van der Waals surface area (Å²) in [4.78, 5) is 0. The molecule has 3 heterocycles. The second-order valence-electron chi connectivity index (χ2n) is 27.0. The largest absolute Gasteiger partial charge is 0.374 e. The quantitative estimate of drug-likeness (QED) is 0.0395. The molecular weight excluding hydrogens is 1300 g/mol. The lowest BCUT2D eigenvalue weighted by Crippen LogP contribution is -2.62. The number of ether oxygens (including phenoxy) is 13. The molecule has 0 bridgehead atoms. The summed E-state index contributed by atoms with van der Waals surface area (Å²) in [6.45, 7) is 2.91. The van der Waals surface area contributed by atoms with Crippen LogP contribution in [0.1, 0.15) is 81.3 Å². The van der Waals surface area contributed by atoms with Crippen LogP contribution in [0.25, 0.3) is 0 Å². The number of aliphatic hydroxyl groups excluding tert-OH is 1. The minimum atomic E-state index is -1.40. The first kappa shape index (κ1) is 73.9. The van der Waals surface area contributed by atoms with Crippen molar-refractivity contribution in [3.63, 3.8) is 0 Å². The van der Waals surface area contributed by atoms with Crippen LogP contribution in [-0.2, 0) is 128 Å². The molecule has 0 aliphatic carbocycles. The first-order valence-electron chi connectivity index (χ1n) is 36.7. The molecule has 3 fully saturated rings. The van der Waals surface area contributed by atoms with Gasteiger partial charge in [0.1, 0.15) is 61.0 Å². The van der Waals surface area contributed by atoms with E-state index in [-0.39, 0.29) is 52.9 Å². The molecule has 0 amide bonds. The molecule has 104 heavy (non-hydrogen) atoms. The van der Waals surface area contributed by atoms with E-state index < -0.39 is 91.7 Å². The average molecular weight is 1400 g/mol. The van der Waals surface area contributed by atoms with Crippen LogP contribution in [-0.4, -0.2) is 103 Å². The van der Waals surface area contributed by atoms with Crippen molar-refractivity contribution in [2.24, 2.45) is 0 Å². The second kappa shape index (κ2) is 39.7. The fraction of sp³-hybridized carbons (Fsp3) is 0.333. The van der Waals surface area contributed by atoms with Gasteiger partial charge in [0, 0.05) is 0 Å². The van der Waals surface area contributed by atoms with Gasteiger partial charge in [-0.3, -0.25) is 0 Å². The Bertz CT molecular complexity index is 3950. The first-order valence-corrected chi connectivity index (χ1v) is 36.7. The van der Waals surface area contributed by atoms with Gasteiger partial charge in [0.05, 0.1) is 97.1 Å². The van der Waals surface area contributed by atoms with E-state index in [1.165, 1.54) is 0 Å². The molecule has 3 aliphatic rings. The first-order chi connectivity index (χ1) is 51.5. The van der Waals surface area contributed by atoms with E-state index in [0.717, 1.165) is 55.6 Å². The molecule has 540 valence electrons. The minimum absolute atomic E-state index is 0.203. The lowest BCUT2D eigenvalue weighted by molar-refractivity contribution is -0.315.